The third kappa shape index (κ3) is 3.15. The van der Waals surface area contributed by atoms with E-state index >= 15 is 0 Å². The molecule has 3 aromatic carbocycles. The van der Waals surface area contributed by atoms with Gasteiger partial charge in [0.2, 0.25) is 0 Å². The summed E-state index contributed by atoms with van der Waals surface area (Å²) in [6, 6.07) is 24.2. The number of carboxylic acids is 1. The van der Waals surface area contributed by atoms with Crippen molar-refractivity contribution in [2.75, 3.05) is 6.54 Å². The summed E-state index contributed by atoms with van der Waals surface area (Å²) in [5.41, 5.74) is 3.12. The van der Waals surface area contributed by atoms with Crippen molar-refractivity contribution in [2.24, 2.45) is 0 Å². The molecule has 0 aliphatic carbocycles. The first-order valence-corrected chi connectivity index (χ1v) is 10.0. The molecule has 1 saturated heterocycles. The van der Waals surface area contributed by atoms with Gasteiger partial charge in [0, 0.05) is 18.1 Å². The Hall–Kier alpha value is -3.24. The summed E-state index contributed by atoms with van der Waals surface area (Å²) < 4.78 is 0. The third-order valence-electron chi connectivity index (χ3n) is 5.96. The Morgan fingerprint density at radius 1 is 1.00 bits per heavy atom. The lowest BCUT2D eigenvalue weighted by atomic mass is 9.92. The van der Waals surface area contributed by atoms with E-state index < -0.39 is 12.0 Å². The van der Waals surface area contributed by atoms with E-state index in [2.05, 4.69) is 52.3 Å². The summed E-state index contributed by atoms with van der Waals surface area (Å²) in [7, 11) is 0. The van der Waals surface area contributed by atoms with Gasteiger partial charge in [-0.15, -0.1) is 0 Å². The van der Waals surface area contributed by atoms with Crippen LogP contribution in [-0.2, 0) is 4.79 Å². The minimum absolute atomic E-state index is 0.151. The van der Waals surface area contributed by atoms with Crippen molar-refractivity contribution in [3.05, 3.63) is 90.1 Å². The fourth-order valence-electron chi connectivity index (χ4n) is 4.64. The Balaban J connectivity index is 1.73. The van der Waals surface area contributed by atoms with Gasteiger partial charge < -0.3 is 5.11 Å². The van der Waals surface area contributed by atoms with Crippen molar-refractivity contribution in [1.29, 1.82) is 0 Å². The number of carbonyl (C=O) groups is 1. The Bertz CT molecular complexity index is 1200. The summed E-state index contributed by atoms with van der Waals surface area (Å²) >= 11 is 0. The lowest BCUT2D eigenvalue weighted by Crippen LogP contribution is -2.39. The smallest absolute Gasteiger partial charge is 0.320 e. The number of hydrogen-bond acceptors (Lipinski definition) is 3. The van der Waals surface area contributed by atoms with Crippen LogP contribution in [0.2, 0.25) is 0 Å². The Morgan fingerprint density at radius 2 is 1.76 bits per heavy atom. The monoisotopic (exact) mass is 382 g/mol. The van der Waals surface area contributed by atoms with Gasteiger partial charge in [0.1, 0.15) is 6.04 Å². The van der Waals surface area contributed by atoms with Crippen LogP contribution >= 0.6 is 0 Å². The summed E-state index contributed by atoms with van der Waals surface area (Å²) in [5, 5.41) is 13.2. The van der Waals surface area contributed by atoms with Crippen LogP contribution in [0.15, 0.2) is 79.0 Å². The van der Waals surface area contributed by atoms with Crippen molar-refractivity contribution in [3.8, 4) is 0 Å². The van der Waals surface area contributed by atoms with Crippen LogP contribution in [0.5, 0.6) is 0 Å². The van der Waals surface area contributed by atoms with Gasteiger partial charge in [-0.25, -0.2) is 0 Å². The van der Waals surface area contributed by atoms with E-state index in [-0.39, 0.29) is 6.04 Å². The highest BCUT2D eigenvalue weighted by Gasteiger charge is 2.37. The van der Waals surface area contributed by atoms with Gasteiger partial charge in [-0.1, -0.05) is 60.7 Å². The average molecular weight is 382 g/mol. The molecule has 4 nitrogen and oxygen atoms in total. The Morgan fingerprint density at radius 3 is 2.62 bits per heavy atom. The molecule has 2 atom stereocenters. The number of aliphatic carboxylic acids is 1. The van der Waals surface area contributed by atoms with Gasteiger partial charge in [-0.05, 0) is 46.9 Å². The van der Waals surface area contributed by atoms with Crippen LogP contribution in [0.4, 0.5) is 0 Å². The molecule has 1 N–H and O–H groups in total. The number of benzene rings is 3. The molecule has 0 bridgehead atoms. The van der Waals surface area contributed by atoms with Crippen LogP contribution < -0.4 is 0 Å². The maximum Gasteiger partial charge on any atom is 0.320 e. The lowest BCUT2D eigenvalue weighted by molar-refractivity contribution is -0.142. The van der Waals surface area contributed by atoms with Crippen LogP contribution in [0.1, 0.15) is 30.0 Å². The zero-order chi connectivity index (χ0) is 19.8. The minimum Gasteiger partial charge on any atom is -0.480 e. The standard InChI is InChI=1S/C25H22N2O2/c28-25(29)23-13-6-14-27(23)24(19-15-18-8-2-4-12-22(18)26-16-19)21-11-5-9-17-7-1-3-10-20(17)21/h1-5,7-12,15-16,23-24H,6,13-14H2,(H,28,29). The fourth-order valence-corrected chi connectivity index (χ4v) is 4.64. The van der Waals surface area contributed by atoms with E-state index in [0.717, 1.165) is 45.8 Å². The minimum atomic E-state index is -0.749. The second-order valence-corrected chi connectivity index (χ2v) is 7.67. The molecule has 4 aromatic rings. The number of rotatable bonds is 4. The molecule has 0 radical (unpaired) electrons. The van der Waals surface area contributed by atoms with Crippen molar-refractivity contribution in [1.82, 2.24) is 9.88 Å². The molecule has 4 heteroatoms. The first kappa shape index (κ1) is 17.8. The highest BCUT2D eigenvalue weighted by atomic mass is 16.4. The van der Waals surface area contributed by atoms with E-state index in [9.17, 15) is 9.90 Å². The topological polar surface area (TPSA) is 53.4 Å². The number of carboxylic acid groups (broad SMARTS) is 1. The summed E-state index contributed by atoms with van der Waals surface area (Å²) in [6.45, 7) is 0.762. The molecular formula is C25H22N2O2. The molecule has 2 heterocycles. The number of fused-ring (bicyclic) bond motifs is 2. The zero-order valence-corrected chi connectivity index (χ0v) is 16.0. The predicted octanol–water partition coefficient (Wildman–Crippen LogP) is 5.03. The highest BCUT2D eigenvalue weighted by Crippen LogP contribution is 2.38. The van der Waals surface area contributed by atoms with Gasteiger partial charge >= 0.3 is 5.97 Å². The molecule has 1 fully saturated rings. The van der Waals surface area contributed by atoms with E-state index in [1.807, 2.05) is 36.5 Å². The molecule has 144 valence electrons. The van der Waals surface area contributed by atoms with Gasteiger partial charge in [0.15, 0.2) is 0 Å². The highest BCUT2D eigenvalue weighted by molar-refractivity contribution is 5.87. The van der Waals surface area contributed by atoms with Crippen molar-refractivity contribution in [2.45, 2.75) is 24.9 Å². The van der Waals surface area contributed by atoms with Crippen molar-refractivity contribution in [3.63, 3.8) is 0 Å². The molecule has 5 rings (SSSR count). The number of para-hydroxylation sites is 1. The second kappa shape index (κ2) is 7.30. The summed E-state index contributed by atoms with van der Waals surface area (Å²) in [6.07, 6.45) is 3.48. The van der Waals surface area contributed by atoms with Crippen molar-refractivity contribution >= 4 is 27.6 Å². The third-order valence-corrected chi connectivity index (χ3v) is 5.96. The first-order chi connectivity index (χ1) is 14.2. The average Bonchev–Trinajstić information content (AvgIpc) is 3.24. The Kier molecular flexibility index (Phi) is 4.49. The molecule has 2 unspecified atom stereocenters. The molecule has 29 heavy (non-hydrogen) atoms. The van der Waals surface area contributed by atoms with Gasteiger partial charge in [0.25, 0.3) is 0 Å². The fraction of sp³-hybridized carbons (Fsp3) is 0.200. The lowest BCUT2D eigenvalue weighted by Gasteiger charge is -2.32. The SMILES string of the molecule is O=C(O)C1CCCN1C(c1cnc2ccccc2c1)c1cccc2ccccc12. The molecule has 1 aliphatic rings. The van der Waals surface area contributed by atoms with Crippen LogP contribution in [0, 0.1) is 0 Å². The first-order valence-electron chi connectivity index (χ1n) is 10.0. The number of pyridine rings is 1. The predicted molar refractivity (Wildman–Crippen MR) is 115 cm³/mol. The number of likely N-dealkylation sites (tertiary alicyclic amines) is 1. The molecule has 0 amide bonds. The maximum atomic E-state index is 12.0. The van der Waals surface area contributed by atoms with Gasteiger partial charge in [-0.3, -0.25) is 14.7 Å². The Labute approximate surface area is 169 Å². The number of aromatic nitrogens is 1. The van der Waals surface area contributed by atoms with E-state index in [1.165, 1.54) is 0 Å². The maximum absolute atomic E-state index is 12.0. The second-order valence-electron chi connectivity index (χ2n) is 7.67. The van der Waals surface area contributed by atoms with Gasteiger partial charge in [0.05, 0.1) is 11.6 Å². The van der Waals surface area contributed by atoms with E-state index in [0.29, 0.717) is 6.42 Å². The van der Waals surface area contributed by atoms with Crippen LogP contribution in [0.3, 0.4) is 0 Å². The molecule has 1 aromatic heterocycles. The normalized spacial score (nSPS) is 18.3. The van der Waals surface area contributed by atoms with E-state index in [4.69, 9.17) is 0 Å². The summed E-state index contributed by atoms with van der Waals surface area (Å²) in [4.78, 5) is 18.8. The van der Waals surface area contributed by atoms with Gasteiger partial charge in [-0.2, -0.15) is 0 Å². The van der Waals surface area contributed by atoms with Crippen LogP contribution in [0.25, 0.3) is 21.7 Å². The quantitative estimate of drug-likeness (QED) is 0.538. The number of hydrogen-bond donors (Lipinski definition) is 1. The molecular weight excluding hydrogens is 360 g/mol. The molecule has 1 aliphatic heterocycles. The zero-order valence-electron chi connectivity index (χ0n) is 16.0. The van der Waals surface area contributed by atoms with Crippen molar-refractivity contribution < 1.29 is 9.90 Å². The van der Waals surface area contributed by atoms with Crippen LogP contribution in [-0.4, -0.2) is 33.5 Å². The molecule has 0 spiro atoms. The summed E-state index contributed by atoms with van der Waals surface area (Å²) in [5.74, 6) is -0.749. The molecule has 0 saturated carbocycles. The largest absolute Gasteiger partial charge is 0.480 e. The number of nitrogens with zero attached hydrogens (tertiary/aromatic N) is 2. The van der Waals surface area contributed by atoms with E-state index in [1.54, 1.807) is 0 Å².